The summed E-state index contributed by atoms with van der Waals surface area (Å²) in [5.74, 6) is 2.19. The first-order valence-corrected chi connectivity index (χ1v) is 5.96. The lowest BCUT2D eigenvalue weighted by molar-refractivity contribution is -0.0447. The second-order valence-corrected chi connectivity index (χ2v) is 4.65. The number of nitrogen functional groups attached to an aromatic ring is 1. The van der Waals surface area contributed by atoms with E-state index in [0.717, 1.165) is 0 Å². The third-order valence-corrected chi connectivity index (χ3v) is 3.42. The van der Waals surface area contributed by atoms with E-state index in [0.29, 0.717) is 5.52 Å². The number of nitrogens with two attached hydrogens (primary N) is 2. The Kier molecular flexibility index (Phi) is 2.52. The lowest BCUT2D eigenvalue weighted by Crippen LogP contribution is -2.53. The summed E-state index contributed by atoms with van der Waals surface area (Å²) in [4.78, 5) is 11.9. The molecule has 1 aliphatic rings. The van der Waals surface area contributed by atoms with E-state index < -0.39 is 30.5 Å². The Balaban J connectivity index is 2.14. The van der Waals surface area contributed by atoms with Crippen molar-refractivity contribution in [2.75, 3.05) is 12.3 Å². The Morgan fingerprint density at radius 1 is 1.62 bits per heavy atom. The van der Waals surface area contributed by atoms with E-state index >= 15 is 0 Å². The van der Waals surface area contributed by atoms with E-state index in [1.165, 1.54) is 17.1 Å². The van der Waals surface area contributed by atoms with E-state index in [9.17, 15) is 10.2 Å². The number of aliphatic hydroxyl groups excluding tert-OH is 1. The highest BCUT2D eigenvalue weighted by molar-refractivity contribution is 5.70. The number of aliphatic hydroxyl groups is 2. The second-order valence-electron chi connectivity index (χ2n) is 4.65. The van der Waals surface area contributed by atoms with E-state index in [2.05, 4.69) is 20.9 Å². The molecule has 0 amide bonds. The Morgan fingerprint density at radius 3 is 3.05 bits per heavy atom. The van der Waals surface area contributed by atoms with E-state index in [1.807, 2.05) is 0 Å². The molecule has 0 bridgehead atoms. The van der Waals surface area contributed by atoms with Gasteiger partial charge in [-0.1, -0.05) is 5.92 Å². The van der Waals surface area contributed by atoms with Crippen LogP contribution in [0.4, 0.5) is 5.95 Å². The normalized spacial score (nSPS) is 34.5. The summed E-state index contributed by atoms with van der Waals surface area (Å²) in [6.45, 7) is -2.85. The van der Waals surface area contributed by atoms with Crippen molar-refractivity contribution in [3.8, 4) is 12.3 Å². The molecule has 1 unspecified atom stereocenters. The molecule has 1 aliphatic heterocycles. The number of hydrogen-bond donors (Lipinski definition) is 4. The maximum Gasteiger partial charge on any atom is 0.222 e. The van der Waals surface area contributed by atoms with Gasteiger partial charge in [-0.25, -0.2) is 9.97 Å². The van der Waals surface area contributed by atoms with Crippen LogP contribution in [0, 0.1) is 12.3 Å². The van der Waals surface area contributed by atoms with Gasteiger partial charge >= 0.3 is 0 Å². The molecular formula is C12H14N6O3. The van der Waals surface area contributed by atoms with Crippen molar-refractivity contribution < 1.29 is 17.7 Å². The third-order valence-electron chi connectivity index (χ3n) is 3.42. The Hall–Kier alpha value is -2.25. The van der Waals surface area contributed by atoms with Gasteiger partial charge in [0.05, 0.1) is 21.8 Å². The van der Waals surface area contributed by atoms with Crippen molar-refractivity contribution in [2.45, 2.75) is 24.0 Å². The summed E-state index contributed by atoms with van der Waals surface area (Å²) in [5.41, 5.74) is 10.4. The molecule has 0 spiro atoms. The maximum atomic E-state index is 10.3. The smallest absolute Gasteiger partial charge is 0.222 e. The summed E-state index contributed by atoms with van der Waals surface area (Å²) in [5, 5.41) is 19.8. The van der Waals surface area contributed by atoms with Gasteiger partial charge in [0.2, 0.25) is 5.95 Å². The van der Waals surface area contributed by atoms with Crippen LogP contribution in [0.5, 0.6) is 0 Å². The summed E-state index contributed by atoms with van der Waals surface area (Å²) in [6, 6.07) is 0. The molecule has 0 aromatic carbocycles. The quantitative estimate of drug-likeness (QED) is 0.464. The molecule has 0 saturated carbocycles. The van der Waals surface area contributed by atoms with Crippen molar-refractivity contribution in [2.24, 2.45) is 5.73 Å². The molecule has 1 fully saturated rings. The third kappa shape index (κ3) is 1.85. The maximum absolute atomic E-state index is 10.3. The monoisotopic (exact) mass is 292 g/mol. The zero-order chi connectivity index (χ0) is 17.0. The van der Waals surface area contributed by atoms with Crippen molar-refractivity contribution in [1.82, 2.24) is 19.5 Å². The van der Waals surface area contributed by atoms with Crippen LogP contribution in [0.1, 0.15) is 8.97 Å². The molecule has 3 rings (SSSR count). The molecule has 6 N–H and O–H groups in total. The van der Waals surface area contributed by atoms with Gasteiger partial charge in [-0.2, -0.15) is 4.98 Å². The number of fused-ring (bicyclic) bond motifs is 1. The molecule has 4 atom stereocenters. The van der Waals surface area contributed by atoms with Gasteiger partial charge in [0.15, 0.2) is 17.4 Å². The van der Waals surface area contributed by atoms with Crippen LogP contribution >= 0.6 is 0 Å². The Bertz CT molecular complexity index is 800. The van der Waals surface area contributed by atoms with Gasteiger partial charge < -0.3 is 26.4 Å². The number of hydrogen-bond acceptors (Lipinski definition) is 8. The average Bonchev–Trinajstić information content (AvgIpc) is 2.99. The first-order chi connectivity index (χ1) is 10.7. The summed E-state index contributed by atoms with van der Waals surface area (Å²) in [7, 11) is 0. The Morgan fingerprint density at radius 2 is 2.38 bits per heavy atom. The molecular weight excluding hydrogens is 276 g/mol. The molecule has 9 heteroatoms. The molecule has 0 aliphatic carbocycles. The van der Waals surface area contributed by atoms with Crippen LogP contribution in [-0.2, 0) is 4.74 Å². The lowest BCUT2D eigenvalue weighted by Gasteiger charge is -2.27. The highest BCUT2D eigenvalue weighted by Gasteiger charge is 2.54. The minimum Gasteiger partial charge on any atom is -0.394 e. The molecule has 2 aromatic rings. The van der Waals surface area contributed by atoms with Crippen LogP contribution < -0.4 is 11.5 Å². The van der Waals surface area contributed by atoms with Crippen LogP contribution in [0.15, 0.2) is 12.5 Å². The van der Waals surface area contributed by atoms with Gasteiger partial charge in [0.1, 0.15) is 17.7 Å². The predicted octanol–water partition coefficient (Wildman–Crippen LogP) is -2.01. The van der Waals surface area contributed by atoms with Crippen LogP contribution in [-0.4, -0.2) is 54.0 Å². The molecule has 110 valence electrons. The summed E-state index contributed by atoms with van der Waals surface area (Å²) >= 11 is 0. The van der Waals surface area contributed by atoms with Crippen molar-refractivity contribution in [3.63, 3.8) is 0 Å². The standard InChI is InChI=1S/C12H14N6O3/c1-2-12(14)8(20)7(4-19)21-10(12)18-5-16-6-3-15-11(13)17-9(6)18/h1,3,5,7-8,10,19-20H,4,14H2,(H2,13,15,17)/t7-,8+,10-,12?/m1/s1/i4D2. The number of rotatable bonds is 2. The van der Waals surface area contributed by atoms with Crippen molar-refractivity contribution in [3.05, 3.63) is 12.5 Å². The van der Waals surface area contributed by atoms with Crippen LogP contribution in [0.25, 0.3) is 11.2 Å². The number of terminal acetylenes is 1. The molecule has 0 radical (unpaired) electrons. The molecule has 9 nitrogen and oxygen atoms in total. The van der Waals surface area contributed by atoms with Gasteiger partial charge in [-0.15, -0.1) is 6.42 Å². The minimum absolute atomic E-state index is 0.0184. The highest BCUT2D eigenvalue weighted by Crippen LogP contribution is 2.37. The number of nitrogens with zero attached hydrogens (tertiary/aromatic N) is 4. The molecule has 1 saturated heterocycles. The average molecular weight is 292 g/mol. The summed E-state index contributed by atoms with van der Waals surface area (Å²) < 4.78 is 21.5. The molecule has 2 aromatic heterocycles. The first kappa shape index (κ1) is 11.4. The van der Waals surface area contributed by atoms with Gasteiger partial charge in [0, 0.05) is 0 Å². The number of imidazole rings is 1. The largest absolute Gasteiger partial charge is 0.394 e. The molecule has 21 heavy (non-hydrogen) atoms. The van der Waals surface area contributed by atoms with Crippen molar-refractivity contribution in [1.29, 1.82) is 0 Å². The zero-order valence-electron chi connectivity index (χ0n) is 12.7. The fourth-order valence-corrected chi connectivity index (χ4v) is 2.29. The summed E-state index contributed by atoms with van der Waals surface area (Å²) in [6.07, 6.45) is 3.60. The number of aromatic nitrogens is 4. The first-order valence-electron chi connectivity index (χ1n) is 6.96. The zero-order valence-corrected chi connectivity index (χ0v) is 10.7. The minimum atomic E-state index is -2.85. The second kappa shape index (κ2) is 4.64. The van der Waals surface area contributed by atoms with E-state index in [4.69, 9.17) is 25.4 Å². The van der Waals surface area contributed by atoms with Gasteiger partial charge in [-0.3, -0.25) is 4.57 Å². The van der Waals surface area contributed by atoms with Crippen LogP contribution in [0.3, 0.4) is 0 Å². The highest BCUT2D eigenvalue weighted by atomic mass is 16.5. The van der Waals surface area contributed by atoms with E-state index in [1.54, 1.807) is 0 Å². The predicted molar refractivity (Wildman–Crippen MR) is 72.5 cm³/mol. The van der Waals surface area contributed by atoms with Crippen LogP contribution in [0.2, 0.25) is 0 Å². The lowest BCUT2D eigenvalue weighted by atomic mass is 9.92. The topological polar surface area (TPSA) is 145 Å². The Labute approximate surface area is 122 Å². The fraction of sp³-hybridized carbons (Fsp3) is 0.417. The number of ether oxygens (including phenoxy) is 1. The SMILES string of the molecule is [2H]C([2H])(O)[C@H]1O[C@@H](n2cnc3cnc(N)nc32)C(N)(C#C)[C@H]1O. The van der Waals surface area contributed by atoms with Crippen molar-refractivity contribution >= 4 is 17.1 Å². The molecule has 3 heterocycles. The van der Waals surface area contributed by atoms with E-state index in [-0.39, 0.29) is 11.6 Å². The fourth-order valence-electron chi connectivity index (χ4n) is 2.29. The van der Waals surface area contributed by atoms with Gasteiger partial charge in [0.25, 0.3) is 0 Å². The number of anilines is 1. The van der Waals surface area contributed by atoms with Gasteiger partial charge in [-0.05, 0) is 0 Å².